The number of alkyl halides is 3. The Balaban J connectivity index is 0.00000261. The van der Waals surface area contributed by atoms with E-state index in [9.17, 15) is 13.2 Å². The summed E-state index contributed by atoms with van der Waals surface area (Å²) in [6.07, 6.45) is 0.323. The summed E-state index contributed by atoms with van der Waals surface area (Å²) in [7, 11) is 0. The Bertz CT molecular complexity index is 811. The molecule has 5 nitrogen and oxygen atoms in total. The third kappa shape index (κ3) is 6.56. The summed E-state index contributed by atoms with van der Waals surface area (Å²) in [5.74, 6) is 0.137. The Morgan fingerprint density at radius 3 is 2.74 bits per heavy atom. The highest BCUT2D eigenvalue weighted by molar-refractivity contribution is 14.0. The maximum absolute atomic E-state index is 12.2. The molecule has 0 bridgehead atoms. The lowest BCUT2D eigenvalue weighted by Crippen LogP contribution is -2.22. The number of fused-ring (bicyclic) bond motifs is 1. The average molecular weight is 492 g/mol. The summed E-state index contributed by atoms with van der Waals surface area (Å²) in [5, 5.41) is 3.03. The summed E-state index contributed by atoms with van der Waals surface area (Å²) >= 11 is 0. The van der Waals surface area contributed by atoms with E-state index in [0.717, 1.165) is 18.5 Å². The first-order valence-electron chi connectivity index (χ1n) is 8.22. The van der Waals surface area contributed by atoms with Crippen LogP contribution < -0.4 is 15.8 Å². The summed E-state index contributed by atoms with van der Waals surface area (Å²) in [6.45, 7) is -1.18. The molecule has 1 heterocycles. The average Bonchev–Trinajstić information content (AvgIpc) is 3.06. The molecule has 1 aromatic heterocycles. The number of guanidine groups is 1. The predicted octanol–water partition coefficient (Wildman–Crippen LogP) is 4.06. The van der Waals surface area contributed by atoms with Crippen molar-refractivity contribution in [2.75, 3.05) is 11.9 Å². The molecular formula is C18H20F3IN4O. The van der Waals surface area contributed by atoms with E-state index in [2.05, 4.69) is 32.2 Å². The SMILES string of the molecule is I.NC(=NCc1ccnc(OCC(F)(F)F)c1)Nc1ccc2c(c1)CCC2. The number of hydrogen-bond acceptors (Lipinski definition) is 3. The lowest BCUT2D eigenvalue weighted by atomic mass is 10.1. The molecule has 3 rings (SSSR count). The summed E-state index contributed by atoms with van der Waals surface area (Å²) in [5.41, 5.74) is 10.1. The fraction of sp³-hybridized carbons (Fsp3) is 0.333. The van der Waals surface area contributed by atoms with E-state index in [0.29, 0.717) is 5.56 Å². The number of nitrogens with two attached hydrogens (primary N) is 1. The second-order valence-corrected chi connectivity index (χ2v) is 6.07. The smallest absolute Gasteiger partial charge is 0.422 e. The fourth-order valence-corrected chi connectivity index (χ4v) is 2.80. The molecule has 1 aliphatic carbocycles. The Hall–Kier alpha value is -2.04. The van der Waals surface area contributed by atoms with Crippen LogP contribution in [0.25, 0.3) is 0 Å². The van der Waals surface area contributed by atoms with Gasteiger partial charge in [0, 0.05) is 18.0 Å². The lowest BCUT2D eigenvalue weighted by Gasteiger charge is -2.09. The Morgan fingerprint density at radius 2 is 1.96 bits per heavy atom. The van der Waals surface area contributed by atoms with Gasteiger partial charge in [-0.15, -0.1) is 24.0 Å². The molecule has 146 valence electrons. The van der Waals surface area contributed by atoms with Crippen molar-refractivity contribution in [1.82, 2.24) is 4.98 Å². The predicted molar refractivity (Wildman–Crippen MR) is 109 cm³/mol. The molecule has 0 saturated heterocycles. The molecule has 27 heavy (non-hydrogen) atoms. The summed E-state index contributed by atoms with van der Waals surface area (Å²) < 4.78 is 41.2. The van der Waals surface area contributed by atoms with Gasteiger partial charge < -0.3 is 15.8 Å². The number of pyridine rings is 1. The van der Waals surface area contributed by atoms with Crippen LogP contribution in [0.2, 0.25) is 0 Å². The van der Waals surface area contributed by atoms with Crippen LogP contribution in [-0.2, 0) is 19.4 Å². The van der Waals surface area contributed by atoms with Crippen molar-refractivity contribution in [3.8, 4) is 5.88 Å². The van der Waals surface area contributed by atoms with E-state index >= 15 is 0 Å². The Morgan fingerprint density at radius 1 is 1.19 bits per heavy atom. The molecule has 0 saturated carbocycles. The second kappa shape index (κ2) is 9.25. The highest BCUT2D eigenvalue weighted by atomic mass is 127. The normalized spacial score (nSPS) is 13.7. The quantitative estimate of drug-likeness (QED) is 0.376. The number of nitrogens with one attached hydrogen (secondary N) is 1. The summed E-state index contributed by atoms with van der Waals surface area (Å²) in [4.78, 5) is 7.96. The number of anilines is 1. The highest BCUT2D eigenvalue weighted by Gasteiger charge is 2.28. The number of nitrogens with zero attached hydrogens (tertiary/aromatic N) is 2. The number of hydrogen-bond donors (Lipinski definition) is 2. The van der Waals surface area contributed by atoms with E-state index in [1.165, 1.54) is 29.8 Å². The van der Waals surface area contributed by atoms with Crippen LogP contribution in [0.4, 0.5) is 18.9 Å². The first kappa shape index (κ1) is 21.3. The topological polar surface area (TPSA) is 72.5 Å². The fourth-order valence-electron chi connectivity index (χ4n) is 2.80. The molecule has 1 aromatic carbocycles. The third-order valence-corrected chi connectivity index (χ3v) is 3.99. The van der Waals surface area contributed by atoms with Crippen LogP contribution in [0, 0.1) is 0 Å². The van der Waals surface area contributed by atoms with Gasteiger partial charge in [-0.3, -0.25) is 0 Å². The monoisotopic (exact) mass is 492 g/mol. The van der Waals surface area contributed by atoms with Gasteiger partial charge >= 0.3 is 6.18 Å². The van der Waals surface area contributed by atoms with Crippen LogP contribution in [0.1, 0.15) is 23.1 Å². The third-order valence-electron chi connectivity index (χ3n) is 3.99. The zero-order chi connectivity index (χ0) is 18.6. The molecule has 0 radical (unpaired) electrons. The van der Waals surface area contributed by atoms with Crippen LogP contribution >= 0.6 is 24.0 Å². The molecule has 0 unspecified atom stereocenters. The Labute approximate surface area is 172 Å². The number of ether oxygens (including phenoxy) is 1. The molecule has 2 aromatic rings. The van der Waals surface area contributed by atoms with Crippen molar-refractivity contribution in [2.24, 2.45) is 10.7 Å². The van der Waals surface area contributed by atoms with Gasteiger partial charge in [-0.05, 0) is 54.2 Å². The molecule has 1 aliphatic rings. The number of halogens is 4. The van der Waals surface area contributed by atoms with Crippen molar-refractivity contribution in [2.45, 2.75) is 32.0 Å². The first-order valence-corrected chi connectivity index (χ1v) is 8.22. The minimum atomic E-state index is -4.40. The number of aliphatic imine (C=N–C) groups is 1. The van der Waals surface area contributed by atoms with E-state index in [-0.39, 0.29) is 42.4 Å². The van der Waals surface area contributed by atoms with Crippen LogP contribution in [0.5, 0.6) is 5.88 Å². The van der Waals surface area contributed by atoms with E-state index in [1.807, 2.05) is 6.07 Å². The maximum atomic E-state index is 12.2. The minimum absolute atomic E-state index is 0. The van der Waals surface area contributed by atoms with Gasteiger partial charge in [0.1, 0.15) is 0 Å². The molecular weight excluding hydrogens is 472 g/mol. The number of rotatable bonds is 5. The van der Waals surface area contributed by atoms with Gasteiger partial charge in [-0.25, -0.2) is 9.98 Å². The second-order valence-electron chi connectivity index (χ2n) is 6.07. The number of benzene rings is 1. The van der Waals surface area contributed by atoms with Crippen LogP contribution in [0.3, 0.4) is 0 Å². The first-order chi connectivity index (χ1) is 12.4. The van der Waals surface area contributed by atoms with Gasteiger partial charge in [-0.1, -0.05) is 6.07 Å². The zero-order valence-corrected chi connectivity index (χ0v) is 16.8. The lowest BCUT2D eigenvalue weighted by molar-refractivity contribution is -0.154. The van der Waals surface area contributed by atoms with Crippen LogP contribution in [-0.4, -0.2) is 23.7 Å². The zero-order valence-electron chi connectivity index (χ0n) is 14.4. The molecule has 9 heteroatoms. The van der Waals surface area contributed by atoms with Crippen molar-refractivity contribution in [3.63, 3.8) is 0 Å². The largest absolute Gasteiger partial charge is 0.468 e. The minimum Gasteiger partial charge on any atom is -0.468 e. The Kier molecular flexibility index (Phi) is 7.28. The van der Waals surface area contributed by atoms with E-state index in [1.54, 1.807) is 6.07 Å². The van der Waals surface area contributed by atoms with Gasteiger partial charge in [0.05, 0.1) is 6.54 Å². The van der Waals surface area contributed by atoms with E-state index < -0.39 is 12.8 Å². The molecule has 0 amide bonds. The van der Waals surface area contributed by atoms with Crippen molar-refractivity contribution < 1.29 is 17.9 Å². The van der Waals surface area contributed by atoms with Gasteiger partial charge in [0.2, 0.25) is 5.88 Å². The summed E-state index contributed by atoms with van der Waals surface area (Å²) in [6, 6.07) is 9.18. The van der Waals surface area contributed by atoms with Crippen molar-refractivity contribution in [3.05, 3.63) is 53.2 Å². The molecule has 0 spiro atoms. The van der Waals surface area contributed by atoms with Gasteiger partial charge in [0.15, 0.2) is 12.6 Å². The van der Waals surface area contributed by atoms with Crippen LogP contribution in [0.15, 0.2) is 41.5 Å². The van der Waals surface area contributed by atoms with Crippen molar-refractivity contribution >= 4 is 35.6 Å². The highest BCUT2D eigenvalue weighted by Crippen LogP contribution is 2.24. The molecule has 0 fully saturated rings. The number of aromatic nitrogens is 1. The van der Waals surface area contributed by atoms with Gasteiger partial charge in [0.25, 0.3) is 0 Å². The molecule has 0 atom stereocenters. The molecule has 0 aliphatic heterocycles. The van der Waals surface area contributed by atoms with Gasteiger partial charge in [-0.2, -0.15) is 13.2 Å². The molecule has 3 N–H and O–H groups in total. The maximum Gasteiger partial charge on any atom is 0.422 e. The van der Waals surface area contributed by atoms with Crippen molar-refractivity contribution in [1.29, 1.82) is 0 Å². The van der Waals surface area contributed by atoms with E-state index in [4.69, 9.17) is 5.73 Å². The number of aryl methyl sites for hydroxylation is 2. The standard InChI is InChI=1S/C18H19F3N4O.HI/c19-18(20,21)11-26-16-8-12(6-7-23-16)10-24-17(22)25-15-5-4-13-2-1-3-14(13)9-15;/h4-9H,1-3,10-11H2,(H3,22,24,25);1H.